The molecule has 1 fully saturated rings. The van der Waals surface area contributed by atoms with Gasteiger partial charge in [0, 0.05) is 11.5 Å². The third-order valence-corrected chi connectivity index (χ3v) is 5.68. The second-order valence-electron chi connectivity index (χ2n) is 7.54. The lowest BCUT2D eigenvalue weighted by atomic mass is 9.94. The molecule has 31 heavy (non-hydrogen) atoms. The highest BCUT2D eigenvalue weighted by Gasteiger charge is 2.52. The zero-order chi connectivity index (χ0) is 22.2. The van der Waals surface area contributed by atoms with E-state index >= 15 is 0 Å². The van der Waals surface area contributed by atoms with Crippen LogP contribution in [0.1, 0.15) is 24.3 Å². The van der Waals surface area contributed by atoms with Crippen molar-refractivity contribution in [1.82, 2.24) is 19.5 Å². The van der Waals surface area contributed by atoms with Crippen molar-refractivity contribution in [3.63, 3.8) is 0 Å². The molecule has 11 nitrogen and oxygen atoms in total. The Hall–Kier alpha value is -2.95. The second-order valence-corrected chi connectivity index (χ2v) is 7.88. The van der Waals surface area contributed by atoms with E-state index in [2.05, 4.69) is 30.3 Å². The van der Waals surface area contributed by atoms with Crippen LogP contribution in [0.5, 0.6) is 0 Å². The van der Waals surface area contributed by atoms with Crippen LogP contribution < -0.4 is 5.32 Å². The lowest BCUT2D eigenvalue weighted by Crippen LogP contribution is -2.45. The summed E-state index contributed by atoms with van der Waals surface area (Å²) in [6.45, 7) is 3.81. The molecular formula is C19H21ClN8O3. The summed E-state index contributed by atoms with van der Waals surface area (Å²) < 4.78 is 7.29. The van der Waals surface area contributed by atoms with Gasteiger partial charge in [0.15, 0.2) is 23.2 Å². The quantitative estimate of drug-likeness (QED) is 0.228. The first-order chi connectivity index (χ1) is 14.8. The zero-order valence-electron chi connectivity index (χ0n) is 16.8. The van der Waals surface area contributed by atoms with Crippen molar-refractivity contribution in [3.05, 3.63) is 57.4 Å². The monoisotopic (exact) mass is 444 g/mol. The largest absolute Gasteiger partial charge is 0.385 e. The molecule has 0 bridgehead atoms. The molecule has 3 N–H and O–H groups in total. The summed E-state index contributed by atoms with van der Waals surface area (Å²) in [5.74, 6) is 0.432. The summed E-state index contributed by atoms with van der Waals surface area (Å²) in [5, 5.41) is 28.0. The summed E-state index contributed by atoms with van der Waals surface area (Å²) in [7, 11) is 0. The van der Waals surface area contributed by atoms with Crippen molar-refractivity contribution in [1.29, 1.82) is 0 Å². The fourth-order valence-electron chi connectivity index (χ4n) is 3.60. The number of hydrogen-bond acceptors (Lipinski definition) is 8. The molecule has 3 heterocycles. The van der Waals surface area contributed by atoms with E-state index in [1.165, 1.54) is 17.8 Å². The summed E-state index contributed by atoms with van der Waals surface area (Å²) in [6.07, 6.45) is -1.79. The number of aryl methyl sites for hydroxylation is 1. The molecule has 0 radical (unpaired) electrons. The Labute approximate surface area is 182 Å². The normalized spacial score (nSPS) is 25.5. The molecule has 12 heteroatoms. The molecule has 1 aliphatic heterocycles. The molecule has 1 aliphatic rings. The van der Waals surface area contributed by atoms with Crippen LogP contribution in [0.2, 0.25) is 5.28 Å². The molecule has 0 spiro atoms. The minimum Gasteiger partial charge on any atom is -0.385 e. The van der Waals surface area contributed by atoms with Crippen molar-refractivity contribution in [2.75, 3.05) is 11.9 Å². The molecule has 0 unspecified atom stereocenters. The third kappa shape index (κ3) is 3.89. The molecule has 4 rings (SSSR count). The molecule has 2 aromatic heterocycles. The highest BCUT2D eigenvalue weighted by molar-refractivity contribution is 6.28. The number of aliphatic hydroxyl groups excluding tert-OH is 1. The van der Waals surface area contributed by atoms with E-state index < -0.39 is 24.0 Å². The van der Waals surface area contributed by atoms with Gasteiger partial charge in [0.2, 0.25) is 5.28 Å². The SMILES string of the molecule is Cc1ccccc1CNc1nc(Cl)nc2c1ncn2[C@@H]1O[C@H](CN=[N+]=[N-])[C@](C)(O)[C@H]1O. The standard InChI is InChI=1S/C19H21ClN8O3/c1-10-5-3-4-6-11(10)7-22-15-13-16(26-18(20)25-15)28(9-23-13)17-14(29)19(2,30)12(31-17)8-24-27-21/h3-6,9,12,14,17,29-30H,7-8H2,1-2H3,(H,22,25,26)/t12-,14+,17-,19+/m1/s1. The fourth-order valence-corrected chi connectivity index (χ4v) is 3.77. The summed E-state index contributed by atoms with van der Waals surface area (Å²) in [4.78, 5) is 15.6. The number of hydrogen-bond donors (Lipinski definition) is 3. The number of imidazole rings is 1. The fraction of sp³-hybridized carbons (Fsp3) is 0.421. The Morgan fingerprint density at radius 1 is 1.39 bits per heavy atom. The van der Waals surface area contributed by atoms with Crippen molar-refractivity contribution in [3.8, 4) is 0 Å². The maximum Gasteiger partial charge on any atom is 0.226 e. The predicted molar refractivity (Wildman–Crippen MR) is 113 cm³/mol. The first-order valence-electron chi connectivity index (χ1n) is 9.58. The molecule has 1 aromatic carbocycles. The third-order valence-electron chi connectivity index (χ3n) is 5.51. The minimum atomic E-state index is -1.64. The van der Waals surface area contributed by atoms with Crippen LogP contribution in [-0.4, -0.2) is 54.1 Å². The Kier molecular flexibility index (Phi) is 5.69. The Morgan fingerprint density at radius 2 is 2.16 bits per heavy atom. The van der Waals surface area contributed by atoms with Crippen LogP contribution in [0.4, 0.5) is 5.82 Å². The Balaban J connectivity index is 1.66. The van der Waals surface area contributed by atoms with Crippen molar-refractivity contribution < 1.29 is 14.9 Å². The number of aliphatic hydroxyl groups is 2. The summed E-state index contributed by atoms with van der Waals surface area (Å²) >= 11 is 6.15. The number of ether oxygens (including phenoxy) is 1. The number of halogens is 1. The number of anilines is 1. The van der Waals surface area contributed by atoms with Crippen molar-refractivity contribution in [2.24, 2.45) is 5.11 Å². The molecule has 0 amide bonds. The Morgan fingerprint density at radius 3 is 2.90 bits per heavy atom. The first kappa shape index (κ1) is 21.3. The first-order valence-corrected chi connectivity index (χ1v) is 9.96. The van der Waals surface area contributed by atoms with Crippen molar-refractivity contribution >= 4 is 28.6 Å². The minimum absolute atomic E-state index is 0.00795. The summed E-state index contributed by atoms with van der Waals surface area (Å²) in [6, 6.07) is 7.96. The van der Waals surface area contributed by atoms with E-state index in [0.29, 0.717) is 23.5 Å². The van der Waals surface area contributed by atoms with Gasteiger partial charge in [0.1, 0.15) is 11.7 Å². The van der Waals surface area contributed by atoms with Crippen LogP contribution in [-0.2, 0) is 11.3 Å². The van der Waals surface area contributed by atoms with Crippen LogP contribution >= 0.6 is 11.6 Å². The summed E-state index contributed by atoms with van der Waals surface area (Å²) in [5.41, 5.74) is 9.92. The maximum absolute atomic E-state index is 10.7. The number of rotatable bonds is 6. The number of fused-ring (bicyclic) bond motifs is 1. The van der Waals surface area contributed by atoms with E-state index in [1.807, 2.05) is 31.2 Å². The van der Waals surface area contributed by atoms with Crippen LogP contribution in [0, 0.1) is 6.92 Å². The van der Waals surface area contributed by atoms with Gasteiger partial charge < -0.3 is 20.3 Å². The lowest BCUT2D eigenvalue weighted by Gasteiger charge is -2.25. The number of benzene rings is 1. The molecule has 3 aromatic rings. The van der Waals surface area contributed by atoms with Gasteiger partial charge in [-0.2, -0.15) is 9.97 Å². The van der Waals surface area contributed by atoms with Gasteiger partial charge >= 0.3 is 0 Å². The van der Waals surface area contributed by atoms with E-state index in [0.717, 1.165) is 11.1 Å². The number of nitrogens with one attached hydrogen (secondary N) is 1. The average Bonchev–Trinajstić information content (AvgIpc) is 3.24. The number of nitrogens with zero attached hydrogens (tertiary/aromatic N) is 7. The maximum atomic E-state index is 10.7. The zero-order valence-corrected chi connectivity index (χ0v) is 17.6. The average molecular weight is 445 g/mol. The molecule has 0 saturated carbocycles. The number of azide groups is 1. The smallest absolute Gasteiger partial charge is 0.226 e. The highest BCUT2D eigenvalue weighted by atomic mass is 35.5. The van der Waals surface area contributed by atoms with Gasteiger partial charge in [-0.3, -0.25) is 4.57 Å². The van der Waals surface area contributed by atoms with Gasteiger partial charge in [-0.1, -0.05) is 29.4 Å². The van der Waals surface area contributed by atoms with E-state index in [9.17, 15) is 10.2 Å². The van der Waals surface area contributed by atoms with E-state index in [4.69, 9.17) is 21.9 Å². The highest BCUT2D eigenvalue weighted by Crippen LogP contribution is 2.39. The topological polar surface area (TPSA) is 154 Å². The van der Waals surface area contributed by atoms with Gasteiger partial charge in [0.25, 0.3) is 0 Å². The van der Waals surface area contributed by atoms with E-state index in [-0.39, 0.29) is 11.8 Å². The molecule has 4 atom stereocenters. The number of aromatic nitrogens is 4. The molecule has 1 saturated heterocycles. The van der Waals surface area contributed by atoms with Crippen LogP contribution in [0.3, 0.4) is 0 Å². The van der Waals surface area contributed by atoms with Gasteiger partial charge in [-0.05, 0) is 42.1 Å². The van der Waals surface area contributed by atoms with Crippen LogP contribution in [0.15, 0.2) is 35.7 Å². The lowest BCUT2D eigenvalue weighted by molar-refractivity contribution is -0.0600. The molecular weight excluding hydrogens is 424 g/mol. The van der Waals surface area contributed by atoms with Gasteiger partial charge in [-0.25, -0.2) is 4.98 Å². The predicted octanol–water partition coefficient (Wildman–Crippen LogP) is 2.72. The van der Waals surface area contributed by atoms with Crippen molar-refractivity contribution in [2.45, 2.75) is 44.4 Å². The second kappa shape index (κ2) is 8.29. The van der Waals surface area contributed by atoms with Gasteiger partial charge in [0.05, 0.1) is 19.0 Å². The van der Waals surface area contributed by atoms with Gasteiger partial charge in [-0.15, -0.1) is 0 Å². The molecule has 162 valence electrons. The van der Waals surface area contributed by atoms with Crippen LogP contribution in [0.25, 0.3) is 21.6 Å². The Bertz CT molecular complexity index is 1160. The molecule has 0 aliphatic carbocycles. The van der Waals surface area contributed by atoms with E-state index in [1.54, 1.807) is 0 Å².